The number of anilines is 1. The fourth-order valence-electron chi connectivity index (χ4n) is 2.55. The number of imide groups is 1. The van der Waals surface area contributed by atoms with E-state index in [0.29, 0.717) is 10.6 Å². The van der Waals surface area contributed by atoms with Crippen LogP contribution in [0, 0.1) is 0 Å². The van der Waals surface area contributed by atoms with Crippen LogP contribution in [-0.2, 0) is 10.3 Å². The number of carbonyl (C=O) groups is 2. The van der Waals surface area contributed by atoms with E-state index in [9.17, 15) is 14.7 Å². The van der Waals surface area contributed by atoms with Gasteiger partial charge in [-0.1, -0.05) is 53.5 Å². The molecule has 3 rings (SSSR count). The number of urea groups is 1. The molecule has 3 amide bonds. The van der Waals surface area contributed by atoms with Gasteiger partial charge in [-0.2, -0.15) is 0 Å². The highest BCUT2D eigenvalue weighted by molar-refractivity contribution is 6.42. The Bertz CT molecular complexity index is 782. The van der Waals surface area contributed by atoms with Gasteiger partial charge in [0, 0.05) is 0 Å². The van der Waals surface area contributed by atoms with Gasteiger partial charge in [-0.25, -0.2) is 9.69 Å². The molecule has 2 N–H and O–H groups in total. The highest BCUT2D eigenvalue weighted by Gasteiger charge is 2.52. The quantitative estimate of drug-likeness (QED) is 0.836. The summed E-state index contributed by atoms with van der Waals surface area (Å²) in [5, 5.41) is 12.9. The monoisotopic (exact) mass is 350 g/mol. The molecule has 0 bridgehead atoms. The normalized spacial score (nSPS) is 20.7. The molecule has 1 fully saturated rings. The van der Waals surface area contributed by atoms with Gasteiger partial charge in [-0.05, 0) is 23.8 Å². The summed E-state index contributed by atoms with van der Waals surface area (Å²) in [5.41, 5.74) is -0.721. The van der Waals surface area contributed by atoms with Crippen LogP contribution in [0.4, 0.5) is 10.5 Å². The van der Waals surface area contributed by atoms with Crippen molar-refractivity contribution in [3.05, 3.63) is 64.1 Å². The Morgan fingerprint density at radius 2 is 1.74 bits per heavy atom. The number of halogens is 2. The summed E-state index contributed by atoms with van der Waals surface area (Å²) < 4.78 is 0. The lowest BCUT2D eigenvalue weighted by molar-refractivity contribution is -0.123. The number of rotatable bonds is 3. The second-order valence-corrected chi connectivity index (χ2v) is 5.91. The SMILES string of the molecule is O=C1NC(CO)(c2ccccc2)C(=O)N1c1ccc(Cl)c(Cl)c1. The first kappa shape index (κ1) is 15.8. The summed E-state index contributed by atoms with van der Waals surface area (Å²) in [6.07, 6.45) is 0. The highest BCUT2D eigenvalue weighted by atomic mass is 35.5. The Morgan fingerprint density at radius 1 is 1.04 bits per heavy atom. The number of amides is 3. The maximum Gasteiger partial charge on any atom is 0.330 e. The van der Waals surface area contributed by atoms with Crippen molar-refractivity contribution in [1.82, 2.24) is 5.32 Å². The molecule has 1 aliphatic rings. The number of aliphatic hydroxyl groups excluding tert-OH is 1. The van der Waals surface area contributed by atoms with Gasteiger partial charge < -0.3 is 10.4 Å². The van der Waals surface area contributed by atoms with Gasteiger partial charge >= 0.3 is 6.03 Å². The first-order valence-electron chi connectivity index (χ1n) is 6.78. The average molecular weight is 351 g/mol. The van der Waals surface area contributed by atoms with Gasteiger partial charge in [-0.3, -0.25) is 4.79 Å². The molecule has 0 aliphatic carbocycles. The van der Waals surface area contributed by atoms with E-state index < -0.39 is 24.1 Å². The Labute approximate surface area is 142 Å². The fraction of sp³-hybridized carbons (Fsp3) is 0.125. The number of hydrogen-bond acceptors (Lipinski definition) is 3. The third-order valence-corrected chi connectivity index (χ3v) is 4.50. The van der Waals surface area contributed by atoms with Crippen LogP contribution in [0.3, 0.4) is 0 Å². The minimum absolute atomic E-state index is 0.228. The molecule has 0 aromatic heterocycles. The summed E-state index contributed by atoms with van der Waals surface area (Å²) in [6.45, 7) is -0.556. The van der Waals surface area contributed by atoms with Crippen molar-refractivity contribution in [3.63, 3.8) is 0 Å². The van der Waals surface area contributed by atoms with E-state index in [1.807, 2.05) is 0 Å². The van der Waals surface area contributed by atoms with Gasteiger partial charge in [0.15, 0.2) is 5.54 Å². The van der Waals surface area contributed by atoms with E-state index in [4.69, 9.17) is 23.2 Å². The molecular weight excluding hydrogens is 339 g/mol. The van der Waals surface area contributed by atoms with E-state index >= 15 is 0 Å². The molecule has 1 unspecified atom stereocenters. The number of hydrogen-bond donors (Lipinski definition) is 2. The summed E-state index contributed by atoms with van der Waals surface area (Å²) in [5.74, 6) is -0.574. The maximum atomic E-state index is 12.9. The molecule has 0 saturated carbocycles. The molecule has 1 heterocycles. The van der Waals surface area contributed by atoms with Crippen LogP contribution in [0.25, 0.3) is 0 Å². The topological polar surface area (TPSA) is 69.6 Å². The summed E-state index contributed by atoms with van der Waals surface area (Å²) >= 11 is 11.8. The van der Waals surface area contributed by atoms with Crippen LogP contribution in [-0.4, -0.2) is 23.7 Å². The Morgan fingerprint density at radius 3 is 2.35 bits per heavy atom. The molecule has 23 heavy (non-hydrogen) atoms. The third kappa shape index (κ3) is 2.47. The molecule has 2 aromatic rings. The van der Waals surface area contributed by atoms with E-state index in [-0.39, 0.29) is 10.7 Å². The fourth-order valence-corrected chi connectivity index (χ4v) is 2.84. The molecule has 0 radical (unpaired) electrons. The van der Waals surface area contributed by atoms with E-state index in [2.05, 4.69) is 5.32 Å². The van der Waals surface area contributed by atoms with E-state index in [0.717, 1.165) is 4.90 Å². The molecule has 0 spiro atoms. The summed E-state index contributed by atoms with van der Waals surface area (Å²) in [4.78, 5) is 26.2. The predicted molar refractivity (Wildman–Crippen MR) is 87.7 cm³/mol. The molecule has 7 heteroatoms. The maximum absolute atomic E-state index is 12.9. The minimum atomic E-state index is -1.51. The summed E-state index contributed by atoms with van der Waals surface area (Å²) in [7, 11) is 0. The standard InChI is InChI=1S/C16H12Cl2N2O3/c17-12-7-6-11(8-13(12)18)20-14(22)16(9-21,19-15(20)23)10-4-2-1-3-5-10/h1-8,21H,9H2,(H,19,23). The Kier molecular flexibility index (Phi) is 4.02. The minimum Gasteiger partial charge on any atom is -0.393 e. The predicted octanol–water partition coefficient (Wildman–Crippen LogP) is 2.94. The molecule has 5 nitrogen and oxygen atoms in total. The zero-order valence-corrected chi connectivity index (χ0v) is 13.3. The van der Waals surface area contributed by atoms with Crippen molar-refractivity contribution in [2.24, 2.45) is 0 Å². The highest BCUT2D eigenvalue weighted by Crippen LogP contribution is 2.34. The number of benzene rings is 2. The number of nitrogens with zero attached hydrogens (tertiary/aromatic N) is 1. The molecule has 1 saturated heterocycles. The van der Waals surface area contributed by atoms with Crippen molar-refractivity contribution in [2.45, 2.75) is 5.54 Å². The lowest BCUT2D eigenvalue weighted by Gasteiger charge is -2.24. The number of carbonyl (C=O) groups excluding carboxylic acids is 2. The van der Waals surface area contributed by atoms with Crippen LogP contribution in [0.15, 0.2) is 48.5 Å². The second kappa shape index (κ2) is 5.85. The van der Waals surface area contributed by atoms with Crippen LogP contribution in [0.5, 0.6) is 0 Å². The van der Waals surface area contributed by atoms with Gasteiger partial charge in [0.25, 0.3) is 5.91 Å². The molecule has 1 aliphatic heterocycles. The summed E-state index contributed by atoms with van der Waals surface area (Å²) in [6, 6.07) is 12.4. The van der Waals surface area contributed by atoms with Crippen molar-refractivity contribution < 1.29 is 14.7 Å². The van der Waals surface area contributed by atoms with Crippen molar-refractivity contribution >= 4 is 40.8 Å². The van der Waals surface area contributed by atoms with Crippen LogP contribution < -0.4 is 10.2 Å². The van der Waals surface area contributed by atoms with Crippen molar-refractivity contribution in [3.8, 4) is 0 Å². The second-order valence-electron chi connectivity index (χ2n) is 5.10. The lowest BCUT2D eigenvalue weighted by atomic mass is 9.90. The Balaban J connectivity index is 2.07. The van der Waals surface area contributed by atoms with E-state index in [1.165, 1.54) is 18.2 Å². The van der Waals surface area contributed by atoms with Crippen molar-refractivity contribution in [2.75, 3.05) is 11.5 Å². The van der Waals surface area contributed by atoms with E-state index in [1.54, 1.807) is 30.3 Å². The van der Waals surface area contributed by atoms with Gasteiger partial charge in [0.1, 0.15) is 0 Å². The van der Waals surface area contributed by atoms with Gasteiger partial charge in [-0.15, -0.1) is 0 Å². The zero-order chi connectivity index (χ0) is 16.6. The first-order chi connectivity index (χ1) is 11.0. The van der Waals surface area contributed by atoms with Crippen LogP contribution >= 0.6 is 23.2 Å². The van der Waals surface area contributed by atoms with Gasteiger partial charge in [0.2, 0.25) is 0 Å². The molecule has 2 aromatic carbocycles. The third-order valence-electron chi connectivity index (χ3n) is 3.76. The van der Waals surface area contributed by atoms with Crippen molar-refractivity contribution in [1.29, 1.82) is 0 Å². The molecule has 1 atom stereocenters. The number of nitrogens with one attached hydrogen (secondary N) is 1. The smallest absolute Gasteiger partial charge is 0.330 e. The largest absolute Gasteiger partial charge is 0.393 e. The average Bonchev–Trinajstić information content (AvgIpc) is 2.82. The van der Waals surface area contributed by atoms with Crippen LogP contribution in [0.1, 0.15) is 5.56 Å². The molecule has 118 valence electrons. The van der Waals surface area contributed by atoms with Gasteiger partial charge in [0.05, 0.1) is 22.3 Å². The lowest BCUT2D eigenvalue weighted by Crippen LogP contribution is -2.47. The molecular formula is C16H12Cl2N2O3. The Hall–Kier alpha value is -2.08. The number of aliphatic hydroxyl groups is 1. The zero-order valence-electron chi connectivity index (χ0n) is 11.8. The first-order valence-corrected chi connectivity index (χ1v) is 7.53. The van der Waals surface area contributed by atoms with Crippen LogP contribution in [0.2, 0.25) is 10.0 Å².